The third kappa shape index (κ3) is 3.88. The molecule has 0 fully saturated rings. The van der Waals surface area contributed by atoms with Crippen molar-refractivity contribution >= 4 is 10.1 Å². The summed E-state index contributed by atoms with van der Waals surface area (Å²) in [7, 11) is -3.93. The summed E-state index contributed by atoms with van der Waals surface area (Å²) in [5.74, 6) is -1.04. The summed E-state index contributed by atoms with van der Waals surface area (Å²) in [5.41, 5.74) is 1.80. The van der Waals surface area contributed by atoms with Gasteiger partial charge in [-0.05, 0) is 36.8 Å². The largest absolute Gasteiger partial charge is 0.487 e. The van der Waals surface area contributed by atoms with Crippen LogP contribution in [0.3, 0.4) is 0 Å². The predicted octanol–water partition coefficient (Wildman–Crippen LogP) is 4.65. The summed E-state index contributed by atoms with van der Waals surface area (Å²) in [6, 6.07) is 15.0. The molecule has 0 radical (unpaired) electrons. The number of para-hydroxylation sites is 1. The Hall–Kier alpha value is -2.77. The highest BCUT2D eigenvalue weighted by Gasteiger charge is 2.29. The van der Waals surface area contributed by atoms with Crippen LogP contribution >= 0.6 is 0 Å². The first-order chi connectivity index (χ1) is 13.8. The van der Waals surface area contributed by atoms with Crippen LogP contribution in [0.2, 0.25) is 0 Å². The van der Waals surface area contributed by atoms with Gasteiger partial charge >= 0.3 is 0 Å². The summed E-state index contributed by atoms with van der Waals surface area (Å²) < 4.78 is 64.2. The van der Waals surface area contributed by atoms with E-state index in [9.17, 15) is 17.2 Å². The van der Waals surface area contributed by atoms with Crippen molar-refractivity contribution in [3.05, 3.63) is 83.4 Å². The molecule has 0 amide bonds. The van der Waals surface area contributed by atoms with Gasteiger partial charge in [-0.2, -0.15) is 8.42 Å². The van der Waals surface area contributed by atoms with Crippen molar-refractivity contribution < 1.29 is 26.1 Å². The minimum atomic E-state index is -3.93. The molecule has 150 valence electrons. The van der Waals surface area contributed by atoms with Gasteiger partial charge in [0.1, 0.15) is 30.1 Å². The standard InChI is InChI=1S/C22H18F2O4S/c1-14-8-10-17(11-9-14)29(25,26)27-13-16-12-15-4-2-5-18(22(15)28-16)21-19(23)6-3-7-20(21)24/h2-11,16H,12-13H2,1H3. The Labute approximate surface area is 167 Å². The van der Waals surface area contributed by atoms with Crippen molar-refractivity contribution in [2.24, 2.45) is 0 Å². The second kappa shape index (κ2) is 7.57. The van der Waals surface area contributed by atoms with Crippen LogP contribution in [0, 0.1) is 18.6 Å². The molecule has 1 atom stereocenters. The Morgan fingerprint density at radius 1 is 1.00 bits per heavy atom. The van der Waals surface area contributed by atoms with Gasteiger partial charge in [-0.25, -0.2) is 8.78 Å². The Morgan fingerprint density at radius 3 is 2.34 bits per heavy atom. The van der Waals surface area contributed by atoms with Gasteiger partial charge in [0, 0.05) is 12.0 Å². The zero-order valence-corrected chi connectivity index (χ0v) is 16.4. The average molecular weight is 416 g/mol. The zero-order valence-electron chi connectivity index (χ0n) is 15.6. The third-order valence-corrected chi connectivity index (χ3v) is 6.08. The van der Waals surface area contributed by atoms with E-state index in [1.807, 2.05) is 6.92 Å². The lowest BCUT2D eigenvalue weighted by atomic mass is 10.00. The van der Waals surface area contributed by atoms with E-state index in [1.54, 1.807) is 30.3 Å². The summed E-state index contributed by atoms with van der Waals surface area (Å²) in [4.78, 5) is 0.0627. The van der Waals surface area contributed by atoms with E-state index in [0.29, 0.717) is 17.7 Å². The van der Waals surface area contributed by atoms with E-state index in [2.05, 4.69) is 0 Å². The quantitative estimate of drug-likeness (QED) is 0.568. The number of hydrogen-bond donors (Lipinski definition) is 0. The van der Waals surface area contributed by atoms with Gasteiger partial charge < -0.3 is 4.74 Å². The van der Waals surface area contributed by atoms with Crippen LogP contribution in [0.4, 0.5) is 8.78 Å². The molecule has 0 spiro atoms. The van der Waals surface area contributed by atoms with Crippen molar-refractivity contribution in [3.63, 3.8) is 0 Å². The van der Waals surface area contributed by atoms with Gasteiger partial charge in [0.2, 0.25) is 0 Å². The normalized spacial score (nSPS) is 15.8. The minimum absolute atomic E-state index is 0.0627. The smallest absolute Gasteiger partial charge is 0.297 e. The molecule has 0 saturated heterocycles. The number of hydrogen-bond acceptors (Lipinski definition) is 4. The van der Waals surface area contributed by atoms with Crippen molar-refractivity contribution in [1.29, 1.82) is 0 Å². The van der Waals surface area contributed by atoms with Crippen LogP contribution in [0.1, 0.15) is 11.1 Å². The van der Waals surface area contributed by atoms with Crippen molar-refractivity contribution in [3.8, 4) is 16.9 Å². The van der Waals surface area contributed by atoms with E-state index >= 15 is 0 Å². The maximum absolute atomic E-state index is 14.2. The molecule has 1 heterocycles. The number of ether oxygens (including phenoxy) is 1. The van der Waals surface area contributed by atoms with Gasteiger partial charge in [-0.15, -0.1) is 0 Å². The van der Waals surface area contributed by atoms with Gasteiger partial charge in [-0.3, -0.25) is 4.18 Å². The number of halogens is 2. The maximum atomic E-state index is 14.2. The Balaban J connectivity index is 1.54. The predicted molar refractivity (Wildman–Crippen MR) is 104 cm³/mol. The summed E-state index contributed by atoms with van der Waals surface area (Å²) in [6.07, 6.45) is -0.205. The lowest BCUT2D eigenvalue weighted by Crippen LogP contribution is -2.23. The fraction of sp³-hybridized carbons (Fsp3) is 0.182. The number of benzene rings is 3. The molecule has 3 aromatic carbocycles. The molecule has 0 N–H and O–H groups in total. The number of rotatable bonds is 5. The van der Waals surface area contributed by atoms with Crippen LogP contribution in [-0.4, -0.2) is 21.1 Å². The molecule has 3 aromatic rings. The van der Waals surface area contributed by atoms with Gasteiger partial charge in [0.05, 0.1) is 10.5 Å². The van der Waals surface area contributed by atoms with Crippen molar-refractivity contribution in [2.75, 3.05) is 6.61 Å². The Bertz CT molecular complexity index is 1140. The molecule has 0 bridgehead atoms. The van der Waals surface area contributed by atoms with Crippen LogP contribution < -0.4 is 4.74 Å². The minimum Gasteiger partial charge on any atom is -0.487 e. The topological polar surface area (TPSA) is 52.6 Å². The second-order valence-electron chi connectivity index (χ2n) is 6.89. The number of fused-ring (bicyclic) bond motifs is 1. The van der Waals surface area contributed by atoms with E-state index in [0.717, 1.165) is 11.1 Å². The van der Waals surface area contributed by atoms with E-state index < -0.39 is 27.9 Å². The SMILES string of the molecule is Cc1ccc(S(=O)(=O)OCC2Cc3cccc(-c4c(F)cccc4F)c3O2)cc1. The summed E-state index contributed by atoms with van der Waals surface area (Å²) in [6.45, 7) is 1.65. The van der Waals surface area contributed by atoms with E-state index in [-0.39, 0.29) is 17.1 Å². The zero-order chi connectivity index (χ0) is 20.6. The van der Waals surface area contributed by atoms with E-state index in [4.69, 9.17) is 8.92 Å². The van der Waals surface area contributed by atoms with Crippen molar-refractivity contribution in [1.82, 2.24) is 0 Å². The molecular weight excluding hydrogens is 398 g/mol. The maximum Gasteiger partial charge on any atom is 0.297 e. The summed E-state index contributed by atoms with van der Waals surface area (Å²) in [5, 5.41) is 0. The molecule has 4 rings (SSSR count). The molecule has 1 aliphatic heterocycles. The molecule has 7 heteroatoms. The third-order valence-electron chi connectivity index (χ3n) is 4.78. The fourth-order valence-corrected chi connectivity index (χ4v) is 4.26. The first-order valence-corrected chi connectivity index (χ1v) is 10.4. The monoisotopic (exact) mass is 416 g/mol. The average Bonchev–Trinajstić information content (AvgIpc) is 3.11. The molecule has 1 aliphatic rings. The van der Waals surface area contributed by atoms with Crippen molar-refractivity contribution in [2.45, 2.75) is 24.3 Å². The molecule has 29 heavy (non-hydrogen) atoms. The van der Waals surface area contributed by atoms with Crippen LogP contribution in [0.15, 0.2) is 65.6 Å². The second-order valence-corrected chi connectivity index (χ2v) is 8.50. The summed E-state index contributed by atoms with van der Waals surface area (Å²) >= 11 is 0. The van der Waals surface area contributed by atoms with Gasteiger partial charge in [0.15, 0.2) is 0 Å². The van der Waals surface area contributed by atoms with Gasteiger partial charge in [-0.1, -0.05) is 42.0 Å². The molecular formula is C22H18F2O4S. The van der Waals surface area contributed by atoms with Crippen LogP contribution in [0.25, 0.3) is 11.1 Å². The van der Waals surface area contributed by atoms with Gasteiger partial charge in [0.25, 0.3) is 10.1 Å². The lowest BCUT2D eigenvalue weighted by Gasteiger charge is -2.14. The Kier molecular flexibility index (Phi) is 5.10. The van der Waals surface area contributed by atoms with E-state index in [1.165, 1.54) is 30.3 Å². The van der Waals surface area contributed by atoms with Crippen LogP contribution in [-0.2, 0) is 20.7 Å². The molecule has 0 aliphatic carbocycles. The highest BCUT2D eigenvalue weighted by Crippen LogP contribution is 2.40. The van der Waals surface area contributed by atoms with Crippen LogP contribution in [0.5, 0.6) is 5.75 Å². The first kappa shape index (κ1) is 19.5. The first-order valence-electron chi connectivity index (χ1n) is 9.04. The molecule has 0 aromatic heterocycles. The highest BCUT2D eigenvalue weighted by molar-refractivity contribution is 7.86. The molecule has 4 nitrogen and oxygen atoms in total. The fourth-order valence-electron chi connectivity index (χ4n) is 3.32. The Morgan fingerprint density at radius 2 is 1.66 bits per heavy atom. The molecule has 0 saturated carbocycles. The lowest BCUT2D eigenvalue weighted by molar-refractivity contribution is 0.152. The highest BCUT2D eigenvalue weighted by atomic mass is 32.2. The number of aryl methyl sites for hydroxylation is 1. The molecule has 1 unspecified atom stereocenters.